The average Bonchev–Trinajstić information content (AvgIpc) is 2.66. The summed E-state index contributed by atoms with van der Waals surface area (Å²) >= 11 is 0. The van der Waals surface area contributed by atoms with Crippen molar-refractivity contribution in [3.63, 3.8) is 0 Å². The second-order valence-electron chi connectivity index (χ2n) is 10.5. The Morgan fingerprint density at radius 1 is 0.933 bits per heavy atom. The van der Waals surface area contributed by atoms with Crippen LogP contribution in [0.25, 0.3) is 0 Å². The van der Waals surface area contributed by atoms with E-state index in [0.29, 0.717) is 6.42 Å². The maximum absolute atomic E-state index is 13.0. The summed E-state index contributed by atoms with van der Waals surface area (Å²) in [6.07, 6.45) is 4.12. The fourth-order valence-electron chi connectivity index (χ4n) is 6.12. The highest BCUT2D eigenvalue weighted by Gasteiger charge is 2.74. The average molecular weight is 415 g/mol. The van der Waals surface area contributed by atoms with Gasteiger partial charge in [-0.1, -0.05) is 37.5 Å². The van der Waals surface area contributed by atoms with Crippen LogP contribution in [0, 0.1) is 28.6 Å². The Morgan fingerprint density at radius 3 is 1.90 bits per heavy atom. The number of hydrogen-bond donors (Lipinski definition) is 0. The molecular formula is C25H34O5. The summed E-state index contributed by atoms with van der Waals surface area (Å²) in [4.78, 5) is 38.1. The number of allylic oxidation sites excluding steroid dienone is 4. The first-order valence-electron chi connectivity index (χ1n) is 10.7. The van der Waals surface area contributed by atoms with Crippen LogP contribution in [0.2, 0.25) is 0 Å². The predicted molar refractivity (Wildman–Crippen MR) is 114 cm³/mol. The van der Waals surface area contributed by atoms with Crippen molar-refractivity contribution < 1.29 is 23.9 Å². The molecule has 4 bridgehead atoms. The molecule has 0 heterocycles. The van der Waals surface area contributed by atoms with E-state index in [1.54, 1.807) is 6.08 Å². The summed E-state index contributed by atoms with van der Waals surface area (Å²) in [5, 5.41) is 0. The molecule has 0 aromatic rings. The van der Waals surface area contributed by atoms with E-state index in [4.69, 9.17) is 9.47 Å². The second kappa shape index (κ2) is 7.51. The molecule has 0 aliphatic heterocycles. The summed E-state index contributed by atoms with van der Waals surface area (Å²) < 4.78 is 11.9. The SMILES string of the molecule is CC(C)=CC(=O)O[C@@H]1C[C@@H](OC(=O)C=C(C)C)[C@@]2(C)[C@@H]3C(=O)C=C(C)[C@H]2[C@@H]3C1(C)C. The van der Waals surface area contributed by atoms with Crippen molar-refractivity contribution in [2.24, 2.45) is 28.6 Å². The van der Waals surface area contributed by atoms with Gasteiger partial charge in [0.15, 0.2) is 5.78 Å². The van der Waals surface area contributed by atoms with Gasteiger partial charge in [-0.3, -0.25) is 4.79 Å². The Morgan fingerprint density at radius 2 is 1.43 bits per heavy atom. The van der Waals surface area contributed by atoms with Gasteiger partial charge in [0.2, 0.25) is 0 Å². The van der Waals surface area contributed by atoms with Gasteiger partial charge in [0.1, 0.15) is 12.2 Å². The van der Waals surface area contributed by atoms with E-state index < -0.39 is 35.0 Å². The molecule has 6 atom stereocenters. The molecule has 4 aliphatic carbocycles. The number of esters is 2. The topological polar surface area (TPSA) is 69.7 Å². The van der Waals surface area contributed by atoms with Crippen LogP contribution in [0.15, 0.2) is 34.9 Å². The van der Waals surface area contributed by atoms with Crippen LogP contribution in [0.4, 0.5) is 0 Å². The maximum Gasteiger partial charge on any atom is 0.330 e. The minimum atomic E-state index is -0.509. The maximum atomic E-state index is 13.0. The van der Waals surface area contributed by atoms with Gasteiger partial charge >= 0.3 is 11.9 Å². The highest BCUT2D eigenvalue weighted by molar-refractivity contribution is 5.97. The van der Waals surface area contributed by atoms with E-state index in [1.807, 2.05) is 34.6 Å². The van der Waals surface area contributed by atoms with Crippen LogP contribution in [-0.2, 0) is 23.9 Å². The van der Waals surface area contributed by atoms with E-state index >= 15 is 0 Å². The quantitative estimate of drug-likeness (QED) is 0.498. The van der Waals surface area contributed by atoms with Gasteiger partial charge in [-0.25, -0.2) is 9.59 Å². The Labute approximate surface area is 179 Å². The number of ether oxygens (including phenoxy) is 2. The first kappa shape index (κ1) is 22.5. The van der Waals surface area contributed by atoms with Crippen LogP contribution in [0.5, 0.6) is 0 Å². The fourth-order valence-corrected chi connectivity index (χ4v) is 6.12. The summed E-state index contributed by atoms with van der Waals surface area (Å²) in [5.74, 6) is -0.780. The molecule has 0 radical (unpaired) electrons. The molecule has 30 heavy (non-hydrogen) atoms. The Bertz CT molecular complexity index is 866. The smallest absolute Gasteiger partial charge is 0.330 e. The lowest BCUT2D eigenvalue weighted by atomic mass is 9.37. The van der Waals surface area contributed by atoms with E-state index in [2.05, 4.69) is 20.8 Å². The zero-order valence-corrected chi connectivity index (χ0v) is 19.4. The van der Waals surface area contributed by atoms with Gasteiger partial charge < -0.3 is 9.47 Å². The Balaban J connectivity index is 2.04. The van der Waals surface area contributed by atoms with Crippen LogP contribution in [-0.4, -0.2) is 29.9 Å². The highest BCUT2D eigenvalue weighted by Crippen LogP contribution is 2.72. The minimum absolute atomic E-state index is 0.0525. The molecule has 0 spiro atoms. The summed E-state index contributed by atoms with van der Waals surface area (Å²) in [7, 11) is 0. The largest absolute Gasteiger partial charge is 0.458 e. The molecule has 0 aromatic carbocycles. The first-order valence-corrected chi connectivity index (χ1v) is 10.7. The lowest BCUT2D eigenvalue weighted by molar-refractivity contribution is -0.201. The number of ketones is 1. The molecule has 4 rings (SSSR count). The number of rotatable bonds is 4. The molecule has 0 saturated heterocycles. The van der Waals surface area contributed by atoms with Crippen LogP contribution in [0.3, 0.4) is 0 Å². The third kappa shape index (κ3) is 3.46. The summed E-state index contributed by atoms with van der Waals surface area (Å²) in [5.41, 5.74) is 1.83. The van der Waals surface area contributed by atoms with E-state index in [0.717, 1.165) is 16.7 Å². The van der Waals surface area contributed by atoms with Crippen LogP contribution in [0.1, 0.15) is 61.8 Å². The number of carbonyl (C=O) groups is 3. The van der Waals surface area contributed by atoms with Crippen molar-refractivity contribution in [3.05, 3.63) is 34.9 Å². The molecule has 164 valence electrons. The van der Waals surface area contributed by atoms with Crippen molar-refractivity contribution in [2.75, 3.05) is 0 Å². The Hall–Kier alpha value is -2.17. The second-order valence-corrected chi connectivity index (χ2v) is 10.5. The van der Waals surface area contributed by atoms with Crippen molar-refractivity contribution in [3.8, 4) is 0 Å². The van der Waals surface area contributed by atoms with Gasteiger partial charge in [0.05, 0.1) is 0 Å². The van der Waals surface area contributed by atoms with Gasteiger partial charge in [0.25, 0.3) is 0 Å². The summed E-state index contributed by atoms with van der Waals surface area (Å²) in [6.45, 7) is 15.6. The van der Waals surface area contributed by atoms with Gasteiger partial charge in [0, 0.05) is 35.3 Å². The molecule has 3 saturated carbocycles. The zero-order valence-electron chi connectivity index (χ0n) is 19.4. The molecule has 3 fully saturated rings. The van der Waals surface area contributed by atoms with Crippen molar-refractivity contribution in [1.29, 1.82) is 0 Å². The molecule has 0 amide bonds. The third-order valence-electron chi connectivity index (χ3n) is 7.37. The summed E-state index contributed by atoms with van der Waals surface area (Å²) in [6, 6.07) is 0. The van der Waals surface area contributed by atoms with E-state index in [-0.39, 0.29) is 23.5 Å². The molecule has 4 aliphatic rings. The van der Waals surface area contributed by atoms with Crippen molar-refractivity contribution in [1.82, 2.24) is 0 Å². The minimum Gasteiger partial charge on any atom is -0.458 e. The van der Waals surface area contributed by atoms with Gasteiger partial charge in [-0.2, -0.15) is 0 Å². The van der Waals surface area contributed by atoms with Crippen LogP contribution >= 0.6 is 0 Å². The standard InChI is InChI=1S/C25H34O5/c1-13(2)9-19(27)29-17-12-18(30-20(28)10-14(3)4)25(8)21-15(5)11-16(26)22(25)23(21)24(17,6)7/h9-11,17-18,21-23H,12H2,1-8H3/t17-,18-,21+,22-,23+,25-/m1/s1. The molecule has 0 N–H and O–H groups in total. The molecule has 0 aromatic heterocycles. The number of carbonyl (C=O) groups excluding carboxylic acids is 3. The van der Waals surface area contributed by atoms with Gasteiger partial charge in [-0.15, -0.1) is 0 Å². The predicted octanol–water partition coefficient (Wildman–Crippen LogP) is 4.57. The van der Waals surface area contributed by atoms with Crippen molar-refractivity contribution >= 4 is 17.7 Å². The monoisotopic (exact) mass is 414 g/mol. The van der Waals surface area contributed by atoms with Crippen molar-refractivity contribution in [2.45, 2.75) is 74.0 Å². The van der Waals surface area contributed by atoms with E-state index in [9.17, 15) is 14.4 Å². The molecule has 5 nitrogen and oxygen atoms in total. The highest BCUT2D eigenvalue weighted by atomic mass is 16.6. The lowest BCUT2D eigenvalue weighted by Crippen LogP contribution is -2.67. The molecule has 5 heteroatoms. The Kier molecular flexibility index (Phi) is 5.63. The van der Waals surface area contributed by atoms with E-state index in [1.165, 1.54) is 12.2 Å². The van der Waals surface area contributed by atoms with Crippen LogP contribution < -0.4 is 0 Å². The lowest BCUT2D eigenvalue weighted by Gasteiger charge is -2.65. The van der Waals surface area contributed by atoms with Gasteiger partial charge in [-0.05, 0) is 52.5 Å². The molecule has 0 unspecified atom stereocenters. The number of hydrogen-bond acceptors (Lipinski definition) is 5. The zero-order chi connectivity index (χ0) is 22.6. The number of fused-ring (bicyclic) bond motifs is 3. The normalized spacial score (nSPS) is 35.8. The molecular weight excluding hydrogens is 380 g/mol. The fraction of sp³-hybridized carbons (Fsp3) is 0.640. The first-order chi connectivity index (χ1) is 13.8. The third-order valence-corrected chi connectivity index (χ3v) is 7.37.